The van der Waals surface area contributed by atoms with Gasteiger partial charge < -0.3 is 20.3 Å². The smallest absolute Gasteiger partial charge is 0.227 e. The first-order chi connectivity index (χ1) is 10.8. The highest BCUT2D eigenvalue weighted by Crippen LogP contribution is 2.28. The Labute approximate surface area is 130 Å². The van der Waals surface area contributed by atoms with Crippen molar-refractivity contribution in [2.45, 2.75) is 18.9 Å². The summed E-state index contributed by atoms with van der Waals surface area (Å²) in [5, 5.41) is 14.1. The van der Waals surface area contributed by atoms with E-state index in [1.54, 1.807) is 0 Å². The summed E-state index contributed by atoms with van der Waals surface area (Å²) in [6.07, 6.45) is 3.38. The van der Waals surface area contributed by atoms with Crippen LogP contribution in [0.3, 0.4) is 0 Å². The molecular weight excluding hydrogens is 280 g/mol. The third-order valence-electron chi connectivity index (χ3n) is 4.29. The maximum Gasteiger partial charge on any atom is 0.227 e. The number of nitrogens with one attached hydrogen (secondary N) is 2. The molecule has 1 aromatic carbocycles. The highest BCUT2D eigenvalue weighted by molar-refractivity contribution is 5.93. The van der Waals surface area contributed by atoms with Gasteiger partial charge in [0.15, 0.2) is 6.19 Å². The first-order valence-electron chi connectivity index (χ1n) is 7.64. The molecule has 2 N–H and O–H groups in total. The Bertz CT molecular complexity index is 555. The number of ether oxygens (including phenoxy) is 1. The number of anilines is 2. The van der Waals surface area contributed by atoms with E-state index >= 15 is 0 Å². The number of hydrogen-bond acceptors (Lipinski definition) is 5. The van der Waals surface area contributed by atoms with E-state index in [1.165, 1.54) is 0 Å². The van der Waals surface area contributed by atoms with Gasteiger partial charge in [-0.15, -0.1) is 0 Å². The summed E-state index contributed by atoms with van der Waals surface area (Å²) >= 11 is 0. The van der Waals surface area contributed by atoms with Gasteiger partial charge in [-0.25, -0.2) is 0 Å². The molecule has 3 rings (SSSR count). The molecule has 1 heterocycles. The van der Waals surface area contributed by atoms with Crippen molar-refractivity contribution in [1.29, 1.82) is 5.26 Å². The molecule has 1 aliphatic heterocycles. The molecule has 2 aliphatic rings. The van der Waals surface area contributed by atoms with Gasteiger partial charge in [0, 0.05) is 36.4 Å². The highest BCUT2D eigenvalue weighted by atomic mass is 16.5. The summed E-state index contributed by atoms with van der Waals surface area (Å²) in [6.45, 7) is 3.33. The summed E-state index contributed by atoms with van der Waals surface area (Å²) in [6, 6.07) is 8.09. The van der Waals surface area contributed by atoms with Crippen molar-refractivity contribution < 1.29 is 9.53 Å². The van der Waals surface area contributed by atoms with E-state index in [0.717, 1.165) is 50.5 Å². The lowest BCUT2D eigenvalue weighted by Gasteiger charge is -2.33. The lowest BCUT2D eigenvalue weighted by molar-refractivity contribution is -0.122. The molecule has 6 nitrogen and oxygen atoms in total. The minimum Gasteiger partial charge on any atom is -0.378 e. The van der Waals surface area contributed by atoms with E-state index in [1.807, 2.05) is 30.5 Å². The van der Waals surface area contributed by atoms with Crippen molar-refractivity contribution in [2.24, 2.45) is 5.92 Å². The number of amides is 1. The van der Waals surface area contributed by atoms with Crippen LogP contribution in [0.2, 0.25) is 0 Å². The number of rotatable bonds is 4. The molecule has 0 aromatic heterocycles. The molecule has 1 amide bonds. The van der Waals surface area contributed by atoms with Crippen LogP contribution in [0.5, 0.6) is 0 Å². The SMILES string of the molecule is N#CNC1CC(C(=O)Nc2ccc(N3CCOCC3)cc2)C1. The van der Waals surface area contributed by atoms with Crippen LogP contribution in [0.4, 0.5) is 11.4 Å². The normalized spacial score (nSPS) is 24.0. The lowest BCUT2D eigenvalue weighted by Crippen LogP contribution is -2.44. The van der Waals surface area contributed by atoms with Gasteiger partial charge in [-0.2, -0.15) is 5.26 Å². The zero-order chi connectivity index (χ0) is 15.4. The average molecular weight is 300 g/mol. The molecule has 22 heavy (non-hydrogen) atoms. The predicted octanol–water partition coefficient (Wildman–Crippen LogP) is 1.31. The van der Waals surface area contributed by atoms with E-state index in [9.17, 15) is 4.79 Å². The molecule has 0 unspecified atom stereocenters. The summed E-state index contributed by atoms with van der Waals surface area (Å²) < 4.78 is 5.34. The van der Waals surface area contributed by atoms with Crippen LogP contribution >= 0.6 is 0 Å². The molecule has 116 valence electrons. The van der Waals surface area contributed by atoms with Crippen molar-refractivity contribution in [1.82, 2.24) is 5.32 Å². The fraction of sp³-hybridized carbons (Fsp3) is 0.500. The quantitative estimate of drug-likeness (QED) is 0.647. The first kappa shape index (κ1) is 14.7. The molecule has 0 bridgehead atoms. The number of morpholine rings is 1. The standard InChI is InChI=1S/C16H20N4O2/c17-11-18-14-9-12(10-14)16(21)19-13-1-3-15(4-2-13)20-5-7-22-8-6-20/h1-4,12,14,18H,5-10H2,(H,19,21). The second-order valence-electron chi connectivity index (χ2n) is 5.76. The van der Waals surface area contributed by atoms with Crippen LogP contribution in [0.25, 0.3) is 0 Å². The maximum absolute atomic E-state index is 12.1. The van der Waals surface area contributed by atoms with Gasteiger partial charge in [-0.3, -0.25) is 4.79 Å². The number of carbonyl (C=O) groups is 1. The summed E-state index contributed by atoms with van der Waals surface area (Å²) in [7, 11) is 0. The monoisotopic (exact) mass is 300 g/mol. The van der Waals surface area contributed by atoms with E-state index in [-0.39, 0.29) is 17.9 Å². The lowest BCUT2D eigenvalue weighted by atomic mass is 9.79. The van der Waals surface area contributed by atoms with E-state index < -0.39 is 0 Å². The molecule has 6 heteroatoms. The summed E-state index contributed by atoms with van der Waals surface area (Å²) in [5.74, 6) is 0.0416. The highest BCUT2D eigenvalue weighted by Gasteiger charge is 2.34. The largest absolute Gasteiger partial charge is 0.378 e. The van der Waals surface area contributed by atoms with Crippen molar-refractivity contribution in [2.75, 3.05) is 36.5 Å². The van der Waals surface area contributed by atoms with Crippen molar-refractivity contribution in [3.8, 4) is 6.19 Å². The minimum absolute atomic E-state index is 0.00442. The Morgan fingerprint density at radius 3 is 2.55 bits per heavy atom. The summed E-state index contributed by atoms with van der Waals surface area (Å²) in [4.78, 5) is 14.4. The minimum atomic E-state index is 0.00442. The van der Waals surface area contributed by atoms with Gasteiger partial charge >= 0.3 is 0 Å². The molecule has 1 saturated carbocycles. The molecule has 1 saturated heterocycles. The van der Waals surface area contributed by atoms with E-state index in [0.29, 0.717) is 0 Å². The Kier molecular flexibility index (Phi) is 4.45. The van der Waals surface area contributed by atoms with E-state index in [2.05, 4.69) is 15.5 Å². The van der Waals surface area contributed by atoms with Gasteiger partial charge in [0.1, 0.15) is 0 Å². The number of benzene rings is 1. The molecular formula is C16H20N4O2. The number of nitriles is 1. The first-order valence-corrected chi connectivity index (χ1v) is 7.64. The molecule has 0 spiro atoms. The Morgan fingerprint density at radius 2 is 1.91 bits per heavy atom. The Balaban J connectivity index is 1.51. The van der Waals surface area contributed by atoms with Crippen LogP contribution < -0.4 is 15.5 Å². The van der Waals surface area contributed by atoms with Crippen LogP contribution in [0, 0.1) is 17.4 Å². The molecule has 1 aliphatic carbocycles. The molecule has 2 fully saturated rings. The van der Waals surface area contributed by atoms with Crippen LogP contribution in [0.15, 0.2) is 24.3 Å². The molecule has 0 radical (unpaired) electrons. The fourth-order valence-corrected chi connectivity index (χ4v) is 2.86. The van der Waals surface area contributed by atoms with Crippen LogP contribution in [0.1, 0.15) is 12.8 Å². The van der Waals surface area contributed by atoms with Crippen molar-refractivity contribution >= 4 is 17.3 Å². The van der Waals surface area contributed by atoms with Crippen LogP contribution in [-0.4, -0.2) is 38.3 Å². The fourth-order valence-electron chi connectivity index (χ4n) is 2.86. The van der Waals surface area contributed by atoms with Gasteiger partial charge in [-0.05, 0) is 37.1 Å². The molecule has 0 atom stereocenters. The molecule has 1 aromatic rings. The topological polar surface area (TPSA) is 77.4 Å². The van der Waals surface area contributed by atoms with Crippen LogP contribution in [-0.2, 0) is 9.53 Å². The second kappa shape index (κ2) is 6.67. The Hall–Kier alpha value is -2.26. The second-order valence-corrected chi connectivity index (χ2v) is 5.76. The Morgan fingerprint density at radius 1 is 1.23 bits per heavy atom. The third-order valence-corrected chi connectivity index (χ3v) is 4.29. The van der Waals surface area contributed by atoms with Crippen molar-refractivity contribution in [3.63, 3.8) is 0 Å². The zero-order valence-electron chi connectivity index (χ0n) is 12.4. The summed E-state index contributed by atoms with van der Waals surface area (Å²) in [5.41, 5.74) is 1.97. The predicted molar refractivity (Wildman–Crippen MR) is 83.4 cm³/mol. The number of carbonyl (C=O) groups excluding carboxylic acids is 1. The van der Waals surface area contributed by atoms with Gasteiger partial charge in [0.2, 0.25) is 5.91 Å². The number of nitrogens with zero attached hydrogens (tertiary/aromatic N) is 2. The number of hydrogen-bond donors (Lipinski definition) is 2. The van der Waals surface area contributed by atoms with E-state index in [4.69, 9.17) is 10.00 Å². The van der Waals surface area contributed by atoms with Gasteiger partial charge in [-0.1, -0.05) is 0 Å². The average Bonchev–Trinajstić information content (AvgIpc) is 2.52. The van der Waals surface area contributed by atoms with Gasteiger partial charge in [0.25, 0.3) is 0 Å². The maximum atomic E-state index is 12.1. The third kappa shape index (κ3) is 3.31. The zero-order valence-corrected chi connectivity index (χ0v) is 12.4. The van der Waals surface area contributed by atoms with Gasteiger partial charge in [0.05, 0.1) is 13.2 Å². The van der Waals surface area contributed by atoms with Crippen molar-refractivity contribution in [3.05, 3.63) is 24.3 Å².